The maximum absolute atomic E-state index is 12.6. The standard InChI is InChI=1S/C16H27N3O3/c1-17-8-10-19(11-9-17)15(20)13-4-6-18(7-5-13)16(21)14-3-2-12-22-14/h13-14H,2-12H2,1H3. The lowest BCUT2D eigenvalue weighted by atomic mass is 9.94. The van der Waals surface area contributed by atoms with E-state index in [4.69, 9.17) is 4.74 Å². The summed E-state index contributed by atoms with van der Waals surface area (Å²) in [5.74, 6) is 0.511. The van der Waals surface area contributed by atoms with Crippen LogP contribution in [0.4, 0.5) is 0 Å². The first-order valence-electron chi connectivity index (χ1n) is 8.53. The van der Waals surface area contributed by atoms with Crippen LogP contribution >= 0.6 is 0 Å². The molecule has 0 saturated carbocycles. The number of carbonyl (C=O) groups is 2. The molecule has 6 nitrogen and oxygen atoms in total. The van der Waals surface area contributed by atoms with Gasteiger partial charge in [0.05, 0.1) is 0 Å². The molecule has 3 aliphatic heterocycles. The average Bonchev–Trinajstić information content (AvgIpc) is 3.09. The topological polar surface area (TPSA) is 53.1 Å². The Labute approximate surface area is 132 Å². The second-order valence-electron chi connectivity index (χ2n) is 6.73. The lowest BCUT2D eigenvalue weighted by Gasteiger charge is -2.38. The normalized spacial score (nSPS) is 28.1. The maximum Gasteiger partial charge on any atom is 0.251 e. The van der Waals surface area contributed by atoms with E-state index in [1.807, 2.05) is 9.80 Å². The van der Waals surface area contributed by atoms with Gasteiger partial charge in [-0.3, -0.25) is 9.59 Å². The second kappa shape index (κ2) is 6.96. The van der Waals surface area contributed by atoms with E-state index in [1.54, 1.807) is 0 Å². The van der Waals surface area contributed by atoms with Gasteiger partial charge in [0.25, 0.3) is 5.91 Å². The Morgan fingerprint density at radius 2 is 1.50 bits per heavy atom. The van der Waals surface area contributed by atoms with Gasteiger partial charge in [-0.05, 0) is 32.7 Å². The fourth-order valence-electron chi connectivity index (χ4n) is 3.61. The minimum absolute atomic E-state index is 0.0944. The zero-order chi connectivity index (χ0) is 15.5. The predicted octanol–water partition coefficient (Wildman–Crippen LogP) is 0.178. The van der Waals surface area contributed by atoms with Crippen molar-refractivity contribution in [3.8, 4) is 0 Å². The van der Waals surface area contributed by atoms with E-state index in [1.165, 1.54) is 0 Å². The van der Waals surface area contributed by atoms with Crippen molar-refractivity contribution in [2.24, 2.45) is 5.92 Å². The molecule has 0 N–H and O–H groups in total. The number of amides is 2. The summed E-state index contributed by atoms with van der Waals surface area (Å²) in [4.78, 5) is 31.0. The number of rotatable bonds is 2. The molecule has 0 spiro atoms. The Kier molecular flexibility index (Phi) is 4.98. The summed E-state index contributed by atoms with van der Waals surface area (Å²) in [6, 6.07) is 0. The molecule has 0 aromatic rings. The van der Waals surface area contributed by atoms with E-state index < -0.39 is 0 Å². The Balaban J connectivity index is 1.46. The molecule has 2 amide bonds. The number of hydrogen-bond acceptors (Lipinski definition) is 4. The van der Waals surface area contributed by atoms with E-state index in [0.29, 0.717) is 19.7 Å². The number of carbonyl (C=O) groups excluding carboxylic acids is 2. The summed E-state index contributed by atoms with van der Waals surface area (Å²) < 4.78 is 5.48. The lowest BCUT2D eigenvalue weighted by Crippen LogP contribution is -2.51. The summed E-state index contributed by atoms with van der Waals surface area (Å²) in [6.07, 6.45) is 3.19. The lowest BCUT2D eigenvalue weighted by molar-refractivity contribution is -0.146. The van der Waals surface area contributed by atoms with Crippen LogP contribution in [0.2, 0.25) is 0 Å². The predicted molar refractivity (Wildman–Crippen MR) is 82.4 cm³/mol. The largest absolute Gasteiger partial charge is 0.368 e. The highest BCUT2D eigenvalue weighted by molar-refractivity contribution is 5.82. The fourth-order valence-corrected chi connectivity index (χ4v) is 3.61. The summed E-state index contributed by atoms with van der Waals surface area (Å²) >= 11 is 0. The minimum Gasteiger partial charge on any atom is -0.368 e. The van der Waals surface area contributed by atoms with E-state index >= 15 is 0 Å². The number of hydrogen-bond donors (Lipinski definition) is 0. The van der Waals surface area contributed by atoms with Crippen LogP contribution in [0.15, 0.2) is 0 Å². The fraction of sp³-hybridized carbons (Fsp3) is 0.875. The molecular weight excluding hydrogens is 282 g/mol. The quantitative estimate of drug-likeness (QED) is 0.730. The van der Waals surface area contributed by atoms with Crippen molar-refractivity contribution in [3.05, 3.63) is 0 Å². The van der Waals surface area contributed by atoms with Crippen LogP contribution in [0.3, 0.4) is 0 Å². The Hall–Kier alpha value is -1.14. The Morgan fingerprint density at radius 3 is 2.09 bits per heavy atom. The van der Waals surface area contributed by atoms with Gasteiger partial charge in [0, 0.05) is 51.8 Å². The molecular formula is C16H27N3O3. The van der Waals surface area contributed by atoms with Crippen LogP contribution in [-0.2, 0) is 14.3 Å². The van der Waals surface area contributed by atoms with Crippen LogP contribution in [0.1, 0.15) is 25.7 Å². The van der Waals surface area contributed by atoms with Gasteiger partial charge in [-0.1, -0.05) is 0 Å². The number of ether oxygens (including phenoxy) is 1. The Bertz CT molecular complexity index is 407. The maximum atomic E-state index is 12.6. The molecule has 3 saturated heterocycles. The monoisotopic (exact) mass is 309 g/mol. The zero-order valence-corrected chi connectivity index (χ0v) is 13.5. The molecule has 0 bridgehead atoms. The number of likely N-dealkylation sites (N-methyl/N-ethyl adjacent to an activating group) is 1. The molecule has 0 aliphatic carbocycles. The average molecular weight is 309 g/mol. The van der Waals surface area contributed by atoms with Gasteiger partial charge in [-0.15, -0.1) is 0 Å². The van der Waals surface area contributed by atoms with Crippen LogP contribution < -0.4 is 0 Å². The van der Waals surface area contributed by atoms with Crippen molar-refractivity contribution in [2.75, 3.05) is 52.9 Å². The molecule has 1 unspecified atom stereocenters. The molecule has 22 heavy (non-hydrogen) atoms. The minimum atomic E-state index is -0.232. The molecule has 1 atom stereocenters. The van der Waals surface area contributed by atoms with E-state index in [2.05, 4.69) is 11.9 Å². The van der Waals surface area contributed by atoms with Crippen molar-refractivity contribution >= 4 is 11.8 Å². The third-order valence-electron chi connectivity index (χ3n) is 5.18. The van der Waals surface area contributed by atoms with Crippen LogP contribution in [0.5, 0.6) is 0 Å². The first kappa shape index (κ1) is 15.7. The molecule has 3 heterocycles. The van der Waals surface area contributed by atoms with Gasteiger partial charge >= 0.3 is 0 Å². The van der Waals surface area contributed by atoms with Crippen molar-refractivity contribution in [1.29, 1.82) is 0 Å². The molecule has 0 aromatic carbocycles. The third kappa shape index (κ3) is 3.43. The first-order chi connectivity index (χ1) is 10.6. The molecule has 0 aromatic heterocycles. The van der Waals surface area contributed by atoms with Crippen molar-refractivity contribution < 1.29 is 14.3 Å². The molecule has 0 radical (unpaired) electrons. The van der Waals surface area contributed by atoms with E-state index in [0.717, 1.165) is 51.9 Å². The Morgan fingerprint density at radius 1 is 0.864 bits per heavy atom. The second-order valence-corrected chi connectivity index (χ2v) is 6.73. The number of nitrogens with zero attached hydrogens (tertiary/aromatic N) is 3. The van der Waals surface area contributed by atoms with Gasteiger partial charge in [0.15, 0.2) is 0 Å². The van der Waals surface area contributed by atoms with Gasteiger partial charge < -0.3 is 19.4 Å². The number of piperidine rings is 1. The summed E-state index contributed by atoms with van der Waals surface area (Å²) in [5, 5.41) is 0. The van der Waals surface area contributed by atoms with Gasteiger partial charge in [0.1, 0.15) is 6.10 Å². The summed E-state index contributed by atoms with van der Waals surface area (Å²) in [6.45, 7) is 5.69. The third-order valence-corrected chi connectivity index (χ3v) is 5.18. The summed E-state index contributed by atoms with van der Waals surface area (Å²) in [7, 11) is 2.09. The highest BCUT2D eigenvalue weighted by atomic mass is 16.5. The van der Waals surface area contributed by atoms with Crippen LogP contribution in [0, 0.1) is 5.92 Å². The molecule has 3 aliphatic rings. The first-order valence-corrected chi connectivity index (χ1v) is 8.53. The molecule has 124 valence electrons. The van der Waals surface area contributed by atoms with Crippen LogP contribution in [-0.4, -0.2) is 85.5 Å². The molecule has 6 heteroatoms. The van der Waals surface area contributed by atoms with E-state index in [-0.39, 0.29) is 23.8 Å². The van der Waals surface area contributed by atoms with Gasteiger partial charge in [-0.25, -0.2) is 0 Å². The van der Waals surface area contributed by atoms with E-state index in [9.17, 15) is 9.59 Å². The highest BCUT2D eigenvalue weighted by Crippen LogP contribution is 2.23. The number of likely N-dealkylation sites (tertiary alicyclic amines) is 1. The van der Waals surface area contributed by atoms with Crippen molar-refractivity contribution in [1.82, 2.24) is 14.7 Å². The molecule has 3 rings (SSSR count). The van der Waals surface area contributed by atoms with Crippen molar-refractivity contribution in [3.63, 3.8) is 0 Å². The smallest absolute Gasteiger partial charge is 0.251 e. The SMILES string of the molecule is CN1CCN(C(=O)C2CCN(C(=O)C3CCCO3)CC2)CC1. The van der Waals surface area contributed by atoms with Gasteiger partial charge in [-0.2, -0.15) is 0 Å². The number of piperazine rings is 1. The summed E-state index contributed by atoms with van der Waals surface area (Å²) in [5.41, 5.74) is 0. The van der Waals surface area contributed by atoms with Crippen LogP contribution in [0.25, 0.3) is 0 Å². The zero-order valence-electron chi connectivity index (χ0n) is 13.5. The highest BCUT2D eigenvalue weighted by Gasteiger charge is 2.34. The molecule has 3 fully saturated rings. The van der Waals surface area contributed by atoms with Crippen molar-refractivity contribution in [2.45, 2.75) is 31.8 Å². The van der Waals surface area contributed by atoms with Gasteiger partial charge in [0.2, 0.25) is 5.91 Å².